The smallest absolute Gasteiger partial charge is 0.224 e. The van der Waals surface area contributed by atoms with Crippen molar-refractivity contribution in [2.24, 2.45) is 0 Å². The van der Waals surface area contributed by atoms with Crippen LogP contribution in [-0.2, 0) is 11.2 Å². The highest BCUT2D eigenvalue weighted by Gasteiger charge is 1.99. The first kappa shape index (κ1) is 10.8. The number of hydrogen-bond donors (Lipinski definition) is 1. The maximum atomic E-state index is 11.1. The molecule has 0 aliphatic rings. The predicted molar refractivity (Wildman–Crippen MR) is 59.4 cm³/mol. The predicted octanol–water partition coefficient (Wildman–Crippen LogP) is 2.99. The Morgan fingerprint density at radius 1 is 1.36 bits per heavy atom. The molecular weight excluding hydrogens is 174 g/mol. The van der Waals surface area contributed by atoms with Crippen LogP contribution < -0.4 is 5.32 Å². The molecule has 1 amide bonds. The third kappa shape index (κ3) is 3.21. The quantitative estimate of drug-likeness (QED) is 0.778. The molecule has 0 spiro atoms. The monoisotopic (exact) mass is 191 g/mol. The Morgan fingerprint density at radius 3 is 2.79 bits per heavy atom. The number of nitrogens with one attached hydrogen (secondary N) is 1. The molecule has 0 fully saturated rings. The van der Waals surface area contributed by atoms with Crippen LogP contribution in [-0.4, -0.2) is 5.91 Å². The van der Waals surface area contributed by atoms with Crippen molar-refractivity contribution in [3.05, 3.63) is 29.8 Å². The summed E-state index contributed by atoms with van der Waals surface area (Å²) >= 11 is 0. The van der Waals surface area contributed by atoms with Crippen LogP contribution in [0.5, 0.6) is 0 Å². The Morgan fingerprint density at radius 2 is 2.14 bits per heavy atom. The molecule has 0 unspecified atom stereocenters. The van der Waals surface area contributed by atoms with Crippen LogP contribution >= 0.6 is 0 Å². The third-order valence-electron chi connectivity index (χ3n) is 2.07. The van der Waals surface area contributed by atoms with E-state index < -0.39 is 0 Å². The second-order valence-corrected chi connectivity index (χ2v) is 3.35. The Kier molecular flexibility index (Phi) is 4.17. The number of amides is 1. The molecule has 76 valence electrons. The van der Waals surface area contributed by atoms with Gasteiger partial charge in [-0.3, -0.25) is 4.79 Å². The van der Waals surface area contributed by atoms with Gasteiger partial charge in [-0.15, -0.1) is 0 Å². The van der Waals surface area contributed by atoms with E-state index in [2.05, 4.69) is 18.3 Å². The number of aryl methyl sites for hydroxylation is 1. The van der Waals surface area contributed by atoms with Gasteiger partial charge in [0.15, 0.2) is 0 Å². The molecule has 0 aliphatic heterocycles. The van der Waals surface area contributed by atoms with Gasteiger partial charge < -0.3 is 5.32 Å². The largest absolute Gasteiger partial charge is 0.326 e. The van der Waals surface area contributed by atoms with Crippen LogP contribution in [0.2, 0.25) is 0 Å². The average Bonchev–Trinajstić information content (AvgIpc) is 2.19. The molecule has 0 bridgehead atoms. The first-order valence-corrected chi connectivity index (χ1v) is 5.15. The van der Waals surface area contributed by atoms with E-state index in [9.17, 15) is 4.79 Å². The molecule has 0 saturated heterocycles. The molecule has 1 aromatic rings. The third-order valence-corrected chi connectivity index (χ3v) is 2.07. The van der Waals surface area contributed by atoms with Gasteiger partial charge in [0.2, 0.25) is 5.91 Å². The van der Waals surface area contributed by atoms with Gasteiger partial charge in [-0.1, -0.05) is 32.4 Å². The Balaban J connectivity index is 2.68. The standard InChI is InChI=1S/C12H17NO/c1-3-6-10-7-5-8-11(9-10)13-12(14)4-2/h5,7-9H,3-4,6H2,1-2H3,(H,13,14). The van der Waals surface area contributed by atoms with Gasteiger partial charge in [0.1, 0.15) is 0 Å². The van der Waals surface area contributed by atoms with E-state index in [4.69, 9.17) is 0 Å². The van der Waals surface area contributed by atoms with E-state index in [1.165, 1.54) is 5.56 Å². The zero-order chi connectivity index (χ0) is 10.4. The molecule has 0 atom stereocenters. The lowest BCUT2D eigenvalue weighted by Crippen LogP contribution is -2.09. The lowest BCUT2D eigenvalue weighted by Gasteiger charge is -2.05. The van der Waals surface area contributed by atoms with Crippen molar-refractivity contribution in [2.75, 3.05) is 5.32 Å². The molecule has 0 radical (unpaired) electrons. The minimum atomic E-state index is 0.0682. The van der Waals surface area contributed by atoms with E-state index in [0.717, 1.165) is 18.5 Å². The van der Waals surface area contributed by atoms with Gasteiger partial charge in [0, 0.05) is 12.1 Å². The van der Waals surface area contributed by atoms with Gasteiger partial charge in [-0.05, 0) is 24.1 Å². The second-order valence-electron chi connectivity index (χ2n) is 3.35. The Hall–Kier alpha value is -1.31. The van der Waals surface area contributed by atoms with Crippen LogP contribution in [0.25, 0.3) is 0 Å². The summed E-state index contributed by atoms with van der Waals surface area (Å²) in [4.78, 5) is 11.1. The summed E-state index contributed by atoms with van der Waals surface area (Å²) in [6, 6.07) is 8.03. The van der Waals surface area contributed by atoms with Gasteiger partial charge in [0.05, 0.1) is 0 Å². The van der Waals surface area contributed by atoms with E-state index in [1.54, 1.807) is 0 Å². The number of carbonyl (C=O) groups excluding carboxylic acids is 1. The molecule has 0 saturated carbocycles. The lowest BCUT2D eigenvalue weighted by molar-refractivity contribution is -0.115. The molecule has 0 heterocycles. The van der Waals surface area contributed by atoms with Crippen LogP contribution in [0.3, 0.4) is 0 Å². The van der Waals surface area contributed by atoms with Crippen molar-refractivity contribution in [1.29, 1.82) is 0 Å². The average molecular weight is 191 g/mol. The normalized spacial score (nSPS) is 9.86. The molecule has 1 rings (SSSR count). The zero-order valence-corrected chi connectivity index (χ0v) is 8.84. The molecule has 0 aromatic heterocycles. The van der Waals surface area contributed by atoms with Crippen molar-refractivity contribution in [3.63, 3.8) is 0 Å². The molecule has 0 aliphatic carbocycles. The summed E-state index contributed by atoms with van der Waals surface area (Å²) in [7, 11) is 0. The van der Waals surface area contributed by atoms with Gasteiger partial charge in [-0.25, -0.2) is 0 Å². The summed E-state index contributed by atoms with van der Waals surface area (Å²) < 4.78 is 0. The molecule has 2 nitrogen and oxygen atoms in total. The molecule has 14 heavy (non-hydrogen) atoms. The number of carbonyl (C=O) groups is 1. The molecule has 1 aromatic carbocycles. The van der Waals surface area contributed by atoms with Crippen molar-refractivity contribution < 1.29 is 4.79 Å². The van der Waals surface area contributed by atoms with E-state index in [0.29, 0.717) is 6.42 Å². The van der Waals surface area contributed by atoms with E-state index in [1.807, 2.05) is 25.1 Å². The Labute approximate surface area is 85.3 Å². The molecule has 1 N–H and O–H groups in total. The van der Waals surface area contributed by atoms with E-state index >= 15 is 0 Å². The van der Waals surface area contributed by atoms with Gasteiger partial charge in [0.25, 0.3) is 0 Å². The van der Waals surface area contributed by atoms with Crippen molar-refractivity contribution in [2.45, 2.75) is 33.1 Å². The Bertz CT molecular complexity index is 307. The molecule has 2 heteroatoms. The van der Waals surface area contributed by atoms with Crippen molar-refractivity contribution in [1.82, 2.24) is 0 Å². The number of benzene rings is 1. The highest BCUT2D eigenvalue weighted by molar-refractivity contribution is 5.90. The maximum absolute atomic E-state index is 11.1. The summed E-state index contributed by atoms with van der Waals surface area (Å²) in [5.41, 5.74) is 2.18. The fraction of sp³-hybridized carbons (Fsp3) is 0.417. The number of anilines is 1. The number of hydrogen-bond acceptors (Lipinski definition) is 1. The first-order chi connectivity index (χ1) is 6.76. The highest BCUT2D eigenvalue weighted by Crippen LogP contribution is 2.12. The zero-order valence-electron chi connectivity index (χ0n) is 8.84. The number of rotatable bonds is 4. The van der Waals surface area contributed by atoms with Crippen molar-refractivity contribution in [3.8, 4) is 0 Å². The van der Waals surface area contributed by atoms with Gasteiger partial charge >= 0.3 is 0 Å². The van der Waals surface area contributed by atoms with Gasteiger partial charge in [-0.2, -0.15) is 0 Å². The summed E-state index contributed by atoms with van der Waals surface area (Å²) in [5.74, 6) is 0.0682. The topological polar surface area (TPSA) is 29.1 Å². The van der Waals surface area contributed by atoms with E-state index in [-0.39, 0.29) is 5.91 Å². The van der Waals surface area contributed by atoms with Crippen LogP contribution in [0, 0.1) is 0 Å². The maximum Gasteiger partial charge on any atom is 0.224 e. The lowest BCUT2D eigenvalue weighted by atomic mass is 10.1. The SMILES string of the molecule is CCCc1cccc(NC(=O)CC)c1. The van der Waals surface area contributed by atoms with Crippen LogP contribution in [0.1, 0.15) is 32.3 Å². The second kappa shape index (κ2) is 5.43. The summed E-state index contributed by atoms with van der Waals surface area (Å²) in [6.45, 7) is 4.00. The summed E-state index contributed by atoms with van der Waals surface area (Å²) in [5, 5.41) is 2.85. The minimum absolute atomic E-state index is 0.0682. The van der Waals surface area contributed by atoms with Crippen LogP contribution in [0.4, 0.5) is 5.69 Å². The van der Waals surface area contributed by atoms with Crippen molar-refractivity contribution >= 4 is 11.6 Å². The fourth-order valence-electron chi connectivity index (χ4n) is 1.34. The fourth-order valence-corrected chi connectivity index (χ4v) is 1.34. The first-order valence-electron chi connectivity index (χ1n) is 5.15. The minimum Gasteiger partial charge on any atom is -0.326 e. The highest BCUT2D eigenvalue weighted by atomic mass is 16.1. The summed E-state index contributed by atoms with van der Waals surface area (Å²) in [6.07, 6.45) is 2.72. The van der Waals surface area contributed by atoms with Crippen LogP contribution in [0.15, 0.2) is 24.3 Å². The molecular formula is C12H17NO.